The molecule has 0 aromatic rings. The van der Waals surface area contributed by atoms with Crippen LogP contribution in [0.1, 0.15) is 51.9 Å². The van der Waals surface area contributed by atoms with Crippen molar-refractivity contribution >= 4 is 5.91 Å². The van der Waals surface area contributed by atoms with Gasteiger partial charge in [0.15, 0.2) is 0 Å². The van der Waals surface area contributed by atoms with Gasteiger partial charge in [-0.15, -0.1) is 0 Å². The molecule has 1 aliphatic rings. The number of hydrogen-bond acceptors (Lipinski definition) is 2. The molecular formula is C10H19NO2. The topological polar surface area (TPSA) is 49.3 Å². The predicted molar refractivity (Wildman–Crippen MR) is 50.4 cm³/mol. The van der Waals surface area contributed by atoms with E-state index in [2.05, 4.69) is 6.92 Å². The maximum atomic E-state index is 11.0. The van der Waals surface area contributed by atoms with Crippen LogP contribution < -0.4 is 5.48 Å². The smallest absolute Gasteiger partial charge is 0.243 e. The van der Waals surface area contributed by atoms with Crippen molar-refractivity contribution in [3.05, 3.63) is 0 Å². The molecule has 2 N–H and O–H groups in total. The molecule has 0 aromatic carbocycles. The largest absolute Gasteiger partial charge is 0.289 e. The summed E-state index contributed by atoms with van der Waals surface area (Å²) < 4.78 is 0. The third kappa shape index (κ3) is 3.35. The lowest BCUT2D eigenvalue weighted by Crippen LogP contribution is -2.27. The zero-order valence-corrected chi connectivity index (χ0v) is 8.31. The zero-order chi connectivity index (χ0) is 9.73. The Kier molecular flexibility index (Phi) is 3.72. The van der Waals surface area contributed by atoms with E-state index in [0.717, 1.165) is 12.8 Å². The Hall–Kier alpha value is -0.570. The number of hydrogen-bond donors (Lipinski definition) is 2. The first-order valence-electron chi connectivity index (χ1n) is 5.09. The molecule has 0 spiro atoms. The van der Waals surface area contributed by atoms with E-state index >= 15 is 0 Å². The van der Waals surface area contributed by atoms with Crippen molar-refractivity contribution < 1.29 is 10.0 Å². The molecule has 0 aliphatic heterocycles. The van der Waals surface area contributed by atoms with Crippen molar-refractivity contribution in [3.8, 4) is 0 Å². The van der Waals surface area contributed by atoms with Gasteiger partial charge in [-0.1, -0.05) is 32.6 Å². The van der Waals surface area contributed by atoms with Crippen molar-refractivity contribution in [1.29, 1.82) is 0 Å². The van der Waals surface area contributed by atoms with E-state index < -0.39 is 0 Å². The van der Waals surface area contributed by atoms with Gasteiger partial charge in [-0.2, -0.15) is 0 Å². The van der Waals surface area contributed by atoms with Crippen LogP contribution in [0.2, 0.25) is 0 Å². The highest BCUT2D eigenvalue weighted by Crippen LogP contribution is 2.37. The number of nitrogens with one attached hydrogen (secondary N) is 1. The number of rotatable bonds is 2. The molecule has 0 bridgehead atoms. The van der Waals surface area contributed by atoms with E-state index in [4.69, 9.17) is 5.21 Å². The van der Waals surface area contributed by atoms with Crippen LogP contribution in [0.5, 0.6) is 0 Å². The van der Waals surface area contributed by atoms with E-state index in [1.165, 1.54) is 25.7 Å². The molecule has 0 unspecified atom stereocenters. The summed E-state index contributed by atoms with van der Waals surface area (Å²) in [5.74, 6) is -0.246. The molecular weight excluding hydrogens is 166 g/mol. The second-order valence-electron chi connectivity index (χ2n) is 4.44. The summed E-state index contributed by atoms with van der Waals surface area (Å²) in [7, 11) is 0. The monoisotopic (exact) mass is 185 g/mol. The van der Waals surface area contributed by atoms with Crippen LogP contribution in [0.4, 0.5) is 0 Å². The SMILES string of the molecule is CC1(CC(=O)NO)CCCCCC1. The summed E-state index contributed by atoms with van der Waals surface area (Å²) in [6, 6.07) is 0. The van der Waals surface area contributed by atoms with E-state index in [1.54, 1.807) is 5.48 Å². The molecule has 76 valence electrons. The average Bonchev–Trinajstić information content (AvgIpc) is 2.30. The lowest BCUT2D eigenvalue weighted by Gasteiger charge is -2.26. The van der Waals surface area contributed by atoms with Gasteiger partial charge in [0.25, 0.3) is 0 Å². The van der Waals surface area contributed by atoms with Crippen LogP contribution in [0.25, 0.3) is 0 Å². The van der Waals surface area contributed by atoms with Crippen molar-refractivity contribution in [2.24, 2.45) is 5.41 Å². The highest BCUT2D eigenvalue weighted by molar-refractivity contribution is 5.75. The first-order valence-corrected chi connectivity index (χ1v) is 5.09. The Morgan fingerprint density at radius 3 is 2.31 bits per heavy atom. The van der Waals surface area contributed by atoms with Gasteiger partial charge in [0.2, 0.25) is 5.91 Å². The summed E-state index contributed by atoms with van der Waals surface area (Å²) in [4.78, 5) is 11.0. The molecule has 13 heavy (non-hydrogen) atoms. The molecule has 0 aromatic heterocycles. The zero-order valence-electron chi connectivity index (χ0n) is 8.31. The molecule has 0 radical (unpaired) electrons. The highest BCUT2D eigenvalue weighted by Gasteiger charge is 2.27. The Bertz CT molecular complexity index is 172. The van der Waals surface area contributed by atoms with Gasteiger partial charge in [-0.05, 0) is 18.3 Å². The third-order valence-electron chi connectivity index (χ3n) is 3.02. The van der Waals surface area contributed by atoms with Crippen molar-refractivity contribution in [1.82, 2.24) is 5.48 Å². The minimum atomic E-state index is -0.246. The molecule has 1 rings (SSSR count). The van der Waals surface area contributed by atoms with Crippen LogP contribution in [0, 0.1) is 5.41 Å². The van der Waals surface area contributed by atoms with Gasteiger partial charge in [0.1, 0.15) is 0 Å². The normalized spacial score (nSPS) is 22.0. The van der Waals surface area contributed by atoms with Gasteiger partial charge >= 0.3 is 0 Å². The van der Waals surface area contributed by atoms with Gasteiger partial charge in [-0.25, -0.2) is 5.48 Å². The van der Waals surface area contributed by atoms with E-state index in [-0.39, 0.29) is 11.3 Å². The number of carbonyl (C=O) groups is 1. The first kappa shape index (κ1) is 10.5. The van der Waals surface area contributed by atoms with Crippen molar-refractivity contribution in [3.63, 3.8) is 0 Å². The first-order chi connectivity index (χ1) is 6.16. The maximum Gasteiger partial charge on any atom is 0.243 e. The Morgan fingerprint density at radius 2 is 1.85 bits per heavy atom. The molecule has 1 aliphatic carbocycles. The Morgan fingerprint density at radius 1 is 1.31 bits per heavy atom. The van der Waals surface area contributed by atoms with Crippen molar-refractivity contribution in [2.75, 3.05) is 0 Å². The van der Waals surface area contributed by atoms with Gasteiger partial charge in [0.05, 0.1) is 0 Å². The average molecular weight is 185 g/mol. The predicted octanol–water partition coefficient (Wildman–Crippen LogP) is 2.24. The molecule has 3 heteroatoms. The highest BCUT2D eigenvalue weighted by atomic mass is 16.5. The summed E-state index contributed by atoms with van der Waals surface area (Å²) in [6.07, 6.45) is 7.70. The molecule has 1 saturated carbocycles. The molecule has 1 amide bonds. The fourth-order valence-corrected chi connectivity index (χ4v) is 2.19. The summed E-state index contributed by atoms with van der Waals surface area (Å²) in [5, 5.41) is 8.45. The lowest BCUT2D eigenvalue weighted by atomic mass is 9.79. The summed E-state index contributed by atoms with van der Waals surface area (Å²) in [5.41, 5.74) is 1.83. The van der Waals surface area contributed by atoms with Gasteiger partial charge in [0, 0.05) is 6.42 Å². The third-order valence-corrected chi connectivity index (χ3v) is 3.02. The number of hydroxylamine groups is 1. The van der Waals surface area contributed by atoms with Crippen molar-refractivity contribution in [2.45, 2.75) is 51.9 Å². The van der Waals surface area contributed by atoms with Gasteiger partial charge in [-0.3, -0.25) is 10.0 Å². The van der Waals surface area contributed by atoms with Crippen LogP contribution in [0.15, 0.2) is 0 Å². The van der Waals surface area contributed by atoms with E-state index in [1.807, 2.05) is 0 Å². The Labute approximate surface area is 79.5 Å². The van der Waals surface area contributed by atoms with Crippen LogP contribution in [-0.2, 0) is 4.79 Å². The summed E-state index contributed by atoms with van der Waals surface area (Å²) in [6.45, 7) is 2.15. The molecule has 1 fully saturated rings. The number of carbonyl (C=O) groups excluding carboxylic acids is 1. The molecule has 3 nitrogen and oxygen atoms in total. The second-order valence-corrected chi connectivity index (χ2v) is 4.44. The van der Waals surface area contributed by atoms with Gasteiger partial charge < -0.3 is 0 Å². The van der Waals surface area contributed by atoms with Crippen LogP contribution >= 0.6 is 0 Å². The maximum absolute atomic E-state index is 11.0. The standard InChI is InChI=1S/C10H19NO2/c1-10(8-9(12)11-13)6-4-2-3-5-7-10/h13H,2-8H2,1H3,(H,11,12). The molecule has 0 atom stereocenters. The summed E-state index contributed by atoms with van der Waals surface area (Å²) >= 11 is 0. The van der Waals surface area contributed by atoms with E-state index in [0.29, 0.717) is 6.42 Å². The minimum Gasteiger partial charge on any atom is -0.289 e. The molecule has 0 heterocycles. The fraction of sp³-hybridized carbons (Fsp3) is 0.900. The number of amides is 1. The van der Waals surface area contributed by atoms with E-state index in [9.17, 15) is 4.79 Å². The fourth-order valence-electron chi connectivity index (χ4n) is 2.19. The second kappa shape index (κ2) is 4.61. The lowest BCUT2D eigenvalue weighted by molar-refractivity contribution is -0.131. The van der Waals surface area contributed by atoms with Crippen LogP contribution in [-0.4, -0.2) is 11.1 Å². The molecule has 0 saturated heterocycles. The van der Waals surface area contributed by atoms with Crippen LogP contribution in [0.3, 0.4) is 0 Å². The minimum absolute atomic E-state index is 0.114. The quantitative estimate of drug-likeness (QED) is 0.394. The Balaban J connectivity index is 2.46.